The van der Waals surface area contributed by atoms with E-state index in [0.29, 0.717) is 11.3 Å². The third-order valence-corrected chi connectivity index (χ3v) is 3.21. The normalized spacial score (nSPS) is 10.3. The lowest BCUT2D eigenvalue weighted by Crippen LogP contribution is -1.99. The Labute approximate surface area is 145 Å². The average Bonchev–Trinajstić information content (AvgIpc) is 3.06. The third kappa shape index (κ3) is 4.89. The molecule has 5 nitrogen and oxygen atoms in total. The van der Waals surface area contributed by atoms with Gasteiger partial charge in [-0.15, -0.1) is 0 Å². The van der Waals surface area contributed by atoms with Crippen LogP contribution in [0.1, 0.15) is 28.6 Å². The van der Waals surface area contributed by atoms with Crippen molar-refractivity contribution in [1.82, 2.24) is 5.16 Å². The monoisotopic (exact) mass is 337 g/mol. The number of nitrogens with zero attached hydrogens (tertiary/aromatic N) is 1. The molecule has 0 saturated heterocycles. The minimum Gasteiger partial charge on any atom is -0.477 e. The van der Waals surface area contributed by atoms with Gasteiger partial charge >= 0.3 is 5.97 Å². The van der Waals surface area contributed by atoms with E-state index in [9.17, 15) is 9.90 Å². The minimum atomic E-state index is -1.06. The van der Waals surface area contributed by atoms with E-state index in [-0.39, 0.29) is 17.9 Å². The van der Waals surface area contributed by atoms with E-state index in [0.717, 1.165) is 5.56 Å². The maximum absolute atomic E-state index is 11.6. The molecule has 0 aliphatic carbocycles. The molecule has 0 fully saturated rings. The van der Waals surface area contributed by atoms with Crippen molar-refractivity contribution < 1.29 is 19.5 Å². The van der Waals surface area contributed by atoms with Crippen LogP contribution in [0.5, 0.6) is 0 Å². The zero-order chi connectivity index (χ0) is 18.1. The van der Waals surface area contributed by atoms with Crippen molar-refractivity contribution >= 4 is 18.1 Å². The van der Waals surface area contributed by atoms with Gasteiger partial charge in [0.25, 0.3) is 0 Å². The summed E-state index contributed by atoms with van der Waals surface area (Å²) < 4.78 is 5.22. The highest BCUT2D eigenvalue weighted by atomic mass is 16.5. The zero-order valence-electron chi connectivity index (χ0n) is 13.8. The van der Waals surface area contributed by atoms with Gasteiger partial charge in [0.1, 0.15) is 11.3 Å². The summed E-state index contributed by atoms with van der Waals surface area (Å²) in [6, 6.07) is 18.7. The Morgan fingerprint density at radius 1 is 1.04 bits per heavy atom. The van der Waals surface area contributed by atoms with Gasteiger partial charge in [0.15, 0.2) is 5.76 Å². The summed E-state index contributed by atoms with van der Waals surface area (Å²) in [5.41, 5.74) is 2.07. The molecule has 1 aromatic heterocycles. The highest BCUT2D eigenvalue weighted by molar-refractivity contribution is 5.98. The SMILES string of the molecule is CCO.O=C(O)c1c(-c2ccccc2)noc1/C=C/c1ccccc1. The Morgan fingerprint density at radius 3 is 2.16 bits per heavy atom. The number of aromatic carboxylic acids is 1. The number of aromatic nitrogens is 1. The van der Waals surface area contributed by atoms with Crippen LogP contribution in [0, 0.1) is 0 Å². The van der Waals surface area contributed by atoms with Crippen molar-refractivity contribution in [2.45, 2.75) is 6.92 Å². The van der Waals surface area contributed by atoms with Gasteiger partial charge in [-0.2, -0.15) is 0 Å². The Balaban J connectivity index is 0.000000701. The van der Waals surface area contributed by atoms with Crippen LogP contribution >= 0.6 is 0 Å². The van der Waals surface area contributed by atoms with Crippen LogP contribution in [0.4, 0.5) is 0 Å². The average molecular weight is 337 g/mol. The first-order valence-corrected chi connectivity index (χ1v) is 7.79. The molecule has 0 aliphatic rings. The number of aliphatic hydroxyl groups excluding tert-OH is 1. The summed E-state index contributed by atoms with van der Waals surface area (Å²) in [7, 11) is 0. The predicted octanol–water partition coefficient (Wildman–Crippen LogP) is 4.21. The molecule has 1 heterocycles. The topological polar surface area (TPSA) is 83.6 Å². The molecule has 2 aromatic carbocycles. The van der Waals surface area contributed by atoms with Gasteiger partial charge in [0, 0.05) is 12.2 Å². The zero-order valence-corrected chi connectivity index (χ0v) is 13.8. The summed E-state index contributed by atoms with van der Waals surface area (Å²) >= 11 is 0. The molecule has 0 saturated carbocycles. The summed E-state index contributed by atoms with van der Waals surface area (Å²) in [5.74, 6) is -0.831. The molecule has 0 unspecified atom stereocenters. The Morgan fingerprint density at radius 2 is 1.60 bits per heavy atom. The number of carboxylic acid groups (broad SMARTS) is 1. The fourth-order valence-electron chi connectivity index (χ4n) is 2.15. The maximum atomic E-state index is 11.6. The number of benzene rings is 2. The number of aliphatic hydroxyl groups is 1. The van der Waals surface area contributed by atoms with E-state index in [1.165, 1.54) is 0 Å². The van der Waals surface area contributed by atoms with Crippen LogP contribution in [-0.2, 0) is 0 Å². The highest BCUT2D eigenvalue weighted by Crippen LogP contribution is 2.26. The first-order chi connectivity index (χ1) is 12.2. The molecule has 3 aromatic rings. The van der Waals surface area contributed by atoms with E-state index in [4.69, 9.17) is 9.63 Å². The summed E-state index contributed by atoms with van der Waals surface area (Å²) in [6.45, 7) is 1.93. The van der Waals surface area contributed by atoms with Gasteiger partial charge in [-0.3, -0.25) is 0 Å². The van der Waals surface area contributed by atoms with Crippen molar-refractivity contribution in [3.63, 3.8) is 0 Å². The standard InChI is InChI=1S/C18H13NO3.C2H6O/c20-18(21)16-15(12-11-13-7-3-1-4-8-13)22-19-17(16)14-9-5-2-6-10-14;1-2-3/h1-12H,(H,20,21);3H,2H2,1H3/b12-11+;. The maximum Gasteiger partial charge on any atom is 0.341 e. The molecule has 5 heteroatoms. The van der Waals surface area contributed by atoms with Crippen molar-refractivity contribution in [1.29, 1.82) is 0 Å². The molecular weight excluding hydrogens is 318 g/mol. The number of hydrogen-bond donors (Lipinski definition) is 2. The number of rotatable bonds is 4. The molecule has 2 N–H and O–H groups in total. The Kier molecular flexibility index (Phi) is 6.68. The quantitative estimate of drug-likeness (QED) is 0.745. The number of carbonyl (C=O) groups is 1. The van der Waals surface area contributed by atoms with Crippen molar-refractivity contribution in [2.24, 2.45) is 0 Å². The first-order valence-electron chi connectivity index (χ1n) is 7.79. The van der Waals surface area contributed by atoms with Crippen LogP contribution < -0.4 is 0 Å². The van der Waals surface area contributed by atoms with Gasteiger partial charge in [-0.25, -0.2) is 4.79 Å². The lowest BCUT2D eigenvalue weighted by atomic mass is 10.1. The molecule has 0 radical (unpaired) electrons. The Bertz CT molecular complexity index is 823. The molecule has 25 heavy (non-hydrogen) atoms. The van der Waals surface area contributed by atoms with Crippen LogP contribution in [0.3, 0.4) is 0 Å². The van der Waals surface area contributed by atoms with Crippen molar-refractivity contribution in [3.05, 3.63) is 77.6 Å². The van der Waals surface area contributed by atoms with Crippen molar-refractivity contribution in [3.8, 4) is 11.3 Å². The molecule has 0 spiro atoms. The van der Waals surface area contributed by atoms with Crippen LogP contribution in [0.15, 0.2) is 65.2 Å². The highest BCUT2D eigenvalue weighted by Gasteiger charge is 2.21. The molecule has 3 rings (SSSR count). The lowest BCUT2D eigenvalue weighted by molar-refractivity contribution is 0.0696. The van der Waals surface area contributed by atoms with E-state index < -0.39 is 5.97 Å². The van der Waals surface area contributed by atoms with Gasteiger partial charge in [-0.05, 0) is 18.6 Å². The summed E-state index contributed by atoms with van der Waals surface area (Å²) in [5, 5.41) is 20.9. The fourth-order valence-corrected chi connectivity index (χ4v) is 2.15. The second-order valence-electron chi connectivity index (χ2n) is 5.00. The van der Waals surface area contributed by atoms with Gasteiger partial charge in [0.2, 0.25) is 0 Å². The Hall–Kier alpha value is -3.18. The van der Waals surface area contributed by atoms with E-state index in [1.54, 1.807) is 31.2 Å². The third-order valence-electron chi connectivity index (χ3n) is 3.21. The smallest absolute Gasteiger partial charge is 0.341 e. The minimum absolute atomic E-state index is 0.0679. The molecule has 0 atom stereocenters. The first kappa shape index (κ1) is 18.2. The second kappa shape index (κ2) is 9.20. The summed E-state index contributed by atoms with van der Waals surface area (Å²) in [6.07, 6.45) is 3.42. The second-order valence-corrected chi connectivity index (χ2v) is 5.00. The molecular formula is C20H19NO4. The van der Waals surface area contributed by atoms with E-state index in [1.807, 2.05) is 48.5 Å². The number of hydrogen-bond acceptors (Lipinski definition) is 4. The molecule has 0 amide bonds. The molecule has 0 bridgehead atoms. The van der Waals surface area contributed by atoms with Crippen LogP contribution in [0.2, 0.25) is 0 Å². The van der Waals surface area contributed by atoms with Crippen molar-refractivity contribution in [2.75, 3.05) is 6.61 Å². The molecule has 0 aliphatic heterocycles. The fraction of sp³-hybridized carbons (Fsp3) is 0.100. The van der Waals surface area contributed by atoms with Gasteiger partial charge < -0.3 is 14.7 Å². The summed E-state index contributed by atoms with van der Waals surface area (Å²) in [4.78, 5) is 11.6. The lowest BCUT2D eigenvalue weighted by Gasteiger charge is -1.97. The van der Waals surface area contributed by atoms with E-state index >= 15 is 0 Å². The van der Waals surface area contributed by atoms with Gasteiger partial charge in [0.05, 0.1) is 0 Å². The van der Waals surface area contributed by atoms with Gasteiger partial charge in [-0.1, -0.05) is 71.9 Å². The molecule has 128 valence electrons. The van der Waals surface area contributed by atoms with Crippen LogP contribution in [0.25, 0.3) is 23.4 Å². The number of carboxylic acids is 1. The van der Waals surface area contributed by atoms with E-state index in [2.05, 4.69) is 5.16 Å². The van der Waals surface area contributed by atoms with Crippen LogP contribution in [-0.4, -0.2) is 27.9 Å². The largest absolute Gasteiger partial charge is 0.477 e. The predicted molar refractivity (Wildman–Crippen MR) is 97.0 cm³/mol.